The van der Waals surface area contributed by atoms with Crippen molar-refractivity contribution in [2.45, 2.75) is 6.18 Å². The highest BCUT2D eigenvalue weighted by atomic mass is 19.4. The highest BCUT2D eigenvalue weighted by Crippen LogP contribution is 2.30. The molecule has 0 unspecified atom stereocenters. The fraction of sp³-hybridized carbons (Fsp3) is 0.312. The summed E-state index contributed by atoms with van der Waals surface area (Å²) in [4.78, 5) is 15.6. The number of anilines is 2. The van der Waals surface area contributed by atoms with Crippen LogP contribution in [0.3, 0.4) is 0 Å². The lowest BCUT2D eigenvalue weighted by atomic mass is 10.3. The van der Waals surface area contributed by atoms with E-state index in [1.165, 1.54) is 35.1 Å². The summed E-state index contributed by atoms with van der Waals surface area (Å²) in [6.07, 6.45) is 0.824. The third-order valence-corrected chi connectivity index (χ3v) is 4.26. The van der Waals surface area contributed by atoms with Gasteiger partial charge in [-0.1, -0.05) is 0 Å². The Balaban J connectivity index is 1.58. The summed E-state index contributed by atoms with van der Waals surface area (Å²) in [5.74, 6) is 0.256. The van der Waals surface area contributed by atoms with Gasteiger partial charge in [0, 0.05) is 51.0 Å². The molecule has 3 aromatic rings. The van der Waals surface area contributed by atoms with Crippen LogP contribution in [0.5, 0.6) is 0 Å². The zero-order valence-corrected chi connectivity index (χ0v) is 13.5. The minimum atomic E-state index is -4.52. The number of alkyl halides is 3. The summed E-state index contributed by atoms with van der Waals surface area (Å²) in [7, 11) is 0. The molecule has 0 aromatic carbocycles. The van der Waals surface area contributed by atoms with Crippen molar-refractivity contribution in [1.82, 2.24) is 19.4 Å². The number of pyridine rings is 1. The molecule has 0 bridgehead atoms. The Morgan fingerprint density at radius 1 is 0.923 bits per heavy atom. The van der Waals surface area contributed by atoms with Gasteiger partial charge < -0.3 is 14.2 Å². The molecule has 6 nitrogen and oxygen atoms in total. The summed E-state index contributed by atoms with van der Waals surface area (Å²) in [5.41, 5.74) is -0.807. The van der Waals surface area contributed by atoms with Crippen molar-refractivity contribution in [2.75, 3.05) is 36.0 Å². The van der Waals surface area contributed by atoms with E-state index < -0.39 is 17.7 Å². The van der Waals surface area contributed by atoms with Crippen molar-refractivity contribution in [3.05, 3.63) is 48.4 Å². The van der Waals surface area contributed by atoms with E-state index in [-0.39, 0.29) is 11.5 Å². The van der Waals surface area contributed by atoms with Gasteiger partial charge in [0.1, 0.15) is 0 Å². The second-order valence-corrected chi connectivity index (χ2v) is 5.89. The second-order valence-electron chi connectivity index (χ2n) is 5.89. The van der Waals surface area contributed by atoms with Gasteiger partial charge in [-0.3, -0.25) is 0 Å². The maximum absolute atomic E-state index is 13.9. The van der Waals surface area contributed by atoms with Crippen molar-refractivity contribution in [2.24, 2.45) is 0 Å². The molecule has 0 amide bonds. The number of hydrogen-bond acceptors (Lipinski definition) is 5. The zero-order chi connectivity index (χ0) is 18.3. The lowest BCUT2D eigenvalue weighted by Crippen LogP contribution is -2.47. The Bertz CT molecular complexity index is 930. The van der Waals surface area contributed by atoms with Crippen molar-refractivity contribution in [1.29, 1.82) is 0 Å². The van der Waals surface area contributed by atoms with E-state index in [0.29, 0.717) is 32.0 Å². The van der Waals surface area contributed by atoms with E-state index in [2.05, 4.69) is 15.0 Å². The summed E-state index contributed by atoms with van der Waals surface area (Å²) in [6, 6.07) is 2.87. The predicted octanol–water partition coefficient (Wildman–Crippen LogP) is 2.61. The van der Waals surface area contributed by atoms with E-state index in [0.717, 1.165) is 6.20 Å². The van der Waals surface area contributed by atoms with E-state index >= 15 is 0 Å². The van der Waals surface area contributed by atoms with Gasteiger partial charge in [0.25, 0.3) is 0 Å². The second kappa shape index (κ2) is 6.11. The van der Waals surface area contributed by atoms with Crippen LogP contribution < -0.4 is 9.80 Å². The van der Waals surface area contributed by atoms with Crippen LogP contribution in [0.2, 0.25) is 0 Å². The average molecular weight is 366 g/mol. The number of aromatic nitrogens is 4. The highest BCUT2D eigenvalue weighted by Gasteiger charge is 2.34. The Hall–Kier alpha value is -2.91. The molecule has 26 heavy (non-hydrogen) atoms. The number of nitrogens with zero attached hydrogens (tertiary/aromatic N) is 6. The van der Waals surface area contributed by atoms with Crippen molar-refractivity contribution in [3.8, 4) is 0 Å². The van der Waals surface area contributed by atoms with Crippen molar-refractivity contribution >= 4 is 17.3 Å². The van der Waals surface area contributed by atoms with E-state index in [1.807, 2.05) is 4.90 Å². The number of hydrogen-bond donors (Lipinski definition) is 0. The largest absolute Gasteiger partial charge is 0.434 e. The Kier molecular flexibility index (Phi) is 3.89. The van der Waals surface area contributed by atoms with Gasteiger partial charge in [-0.25, -0.2) is 19.3 Å². The summed E-state index contributed by atoms with van der Waals surface area (Å²) >= 11 is 0. The Morgan fingerprint density at radius 3 is 2.23 bits per heavy atom. The predicted molar refractivity (Wildman–Crippen MR) is 86.6 cm³/mol. The quantitative estimate of drug-likeness (QED) is 0.653. The molecule has 10 heteroatoms. The van der Waals surface area contributed by atoms with Crippen molar-refractivity contribution in [3.63, 3.8) is 0 Å². The van der Waals surface area contributed by atoms with E-state index in [1.54, 1.807) is 4.90 Å². The lowest BCUT2D eigenvalue weighted by Gasteiger charge is -2.36. The SMILES string of the molecule is Fc1cccnc1N1CCN(c2nccn3cc(C(F)(F)F)nc23)CC1. The topological polar surface area (TPSA) is 49.6 Å². The summed E-state index contributed by atoms with van der Waals surface area (Å²) in [6.45, 7) is 1.89. The third-order valence-electron chi connectivity index (χ3n) is 4.26. The lowest BCUT2D eigenvalue weighted by molar-refractivity contribution is -0.140. The van der Waals surface area contributed by atoms with Gasteiger partial charge in [-0.2, -0.15) is 13.2 Å². The van der Waals surface area contributed by atoms with Gasteiger partial charge in [-0.15, -0.1) is 0 Å². The molecule has 1 fully saturated rings. The van der Waals surface area contributed by atoms with Gasteiger partial charge >= 0.3 is 6.18 Å². The van der Waals surface area contributed by atoms with Crippen LogP contribution in [0.15, 0.2) is 36.9 Å². The molecule has 4 rings (SSSR count). The molecule has 3 aromatic heterocycles. The minimum Gasteiger partial charge on any atom is -0.351 e. The molecule has 0 saturated carbocycles. The summed E-state index contributed by atoms with van der Waals surface area (Å²) in [5, 5.41) is 0. The van der Waals surface area contributed by atoms with E-state index in [4.69, 9.17) is 0 Å². The first-order chi connectivity index (χ1) is 12.4. The van der Waals surface area contributed by atoms with Crippen LogP contribution in [-0.2, 0) is 6.18 Å². The average Bonchev–Trinajstić information content (AvgIpc) is 3.07. The van der Waals surface area contributed by atoms with Crippen LogP contribution in [0, 0.1) is 5.82 Å². The molecule has 0 atom stereocenters. The molecule has 1 aliphatic heterocycles. The number of halogens is 4. The number of rotatable bonds is 2. The monoisotopic (exact) mass is 366 g/mol. The van der Waals surface area contributed by atoms with Gasteiger partial charge in [0.05, 0.1) is 0 Å². The fourth-order valence-electron chi connectivity index (χ4n) is 3.01. The normalized spacial score (nSPS) is 15.7. The molecule has 1 aliphatic rings. The first-order valence-electron chi connectivity index (χ1n) is 7.95. The van der Waals surface area contributed by atoms with Crippen LogP contribution in [0.1, 0.15) is 5.69 Å². The Labute approximate surface area is 145 Å². The van der Waals surface area contributed by atoms with Crippen LogP contribution in [-0.4, -0.2) is 45.5 Å². The molecule has 0 radical (unpaired) electrons. The van der Waals surface area contributed by atoms with E-state index in [9.17, 15) is 17.6 Å². The molecule has 0 spiro atoms. The maximum Gasteiger partial charge on any atom is 0.434 e. The minimum absolute atomic E-state index is 0.150. The molecular formula is C16H14F4N6. The molecular weight excluding hydrogens is 352 g/mol. The molecule has 1 saturated heterocycles. The standard InChI is InChI=1S/C16H14F4N6/c17-11-2-1-3-21-13(11)24-6-8-25(9-7-24)14-15-23-12(16(18,19)20)10-26(15)5-4-22-14/h1-5,10H,6-9H2. The van der Waals surface area contributed by atoms with Gasteiger partial charge in [0.2, 0.25) is 0 Å². The summed E-state index contributed by atoms with van der Waals surface area (Å²) < 4.78 is 53.9. The zero-order valence-electron chi connectivity index (χ0n) is 13.5. The third kappa shape index (κ3) is 2.91. The van der Waals surface area contributed by atoms with Crippen LogP contribution >= 0.6 is 0 Å². The van der Waals surface area contributed by atoms with Gasteiger partial charge in [0.15, 0.2) is 28.8 Å². The fourth-order valence-corrected chi connectivity index (χ4v) is 3.01. The maximum atomic E-state index is 13.9. The smallest absolute Gasteiger partial charge is 0.351 e. The molecule has 0 aliphatic carbocycles. The Morgan fingerprint density at radius 2 is 1.58 bits per heavy atom. The first-order valence-corrected chi connectivity index (χ1v) is 7.95. The van der Waals surface area contributed by atoms with Crippen LogP contribution in [0.25, 0.3) is 5.65 Å². The van der Waals surface area contributed by atoms with Crippen molar-refractivity contribution < 1.29 is 17.6 Å². The number of imidazole rings is 1. The van der Waals surface area contributed by atoms with Gasteiger partial charge in [-0.05, 0) is 12.1 Å². The number of fused-ring (bicyclic) bond motifs is 1. The highest BCUT2D eigenvalue weighted by molar-refractivity contribution is 5.65. The first kappa shape index (κ1) is 16.6. The van der Waals surface area contributed by atoms with Crippen LogP contribution in [0.4, 0.5) is 29.2 Å². The molecule has 4 heterocycles. The number of piperazine rings is 1. The molecule has 0 N–H and O–H groups in total. The molecule has 136 valence electrons.